The van der Waals surface area contributed by atoms with E-state index in [1.54, 1.807) is 0 Å². The molecule has 0 nitrogen and oxygen atoms in total. The van der Waals surface area contributed by atoms with Crippen LogP contribution in [-0.2, 0) is 22.5 Å². The number of aryl methyl sites for hydroxylation is 2. The van der Waals surface area contributed by atoms with Crippen LogP contribution in [0.15, 0.2) is 72.8 Å². The van der Waals surface area contributed by atoms with Crippen LogP contribution in [0.1, 0.15) is 18.1 Å². The molecule has 0 bridgehead atoms. The predicted molar refractivity (Wildman–Crippen MR) is 103 cm³/mol. The fraction of sp³-hybridized carbons (Fsp3) is 0.136. The molecule has 4 rings (SSSR count). The van der Waals surface area contributed by atoms with Gasteiger partial charge in [0.05, 0.1) is 0 Å². The van der Waals surface area contributed by atoms with Gasteiger partial charge in [-0.1, -0.05) is 26.0 Å². The molecule has 0 aliphatic rings. The molecule has 0 spiro atoms. The molecule has 0 saturated carbocycles. The monoisotopic (exact) mass is 414 g/mol. The minimum Gasteiger partial charge on any atom is -0.165 e. The molecule has 0 radical (unpaired) electrons. The molecule has 3 heteroatoms. The van der Waals surface area contributed by atoms with Gasteiger partial charge in [0.25, 0.3) is 0 Å². The zero-order chi connectivity index (χ0) is 18.2. The number of hydrogen-bond acceptors (Lipinski definition) is 0. The third kappa shape index (κ3) is 6.25. The SMILES string of the molecule is C[CH]=[Zr]([F])[F].Cc1cc2ccccc2[cH-]1.Cc1cc2ccccc2[cH-]1. The van der Waals surface area contributed by atoms with Crippen LogP contribution in [0, 0.1) is 13.8 Å². The Bertz CT molecular complexity index is 818. The molecule has 0 saturated heterocycles. The molecule has 0 atom stereocenters. The van der Waals surface area contributed by atoms with Crippen LogP contribution in [0.3, 0.4) is 0 Å². The maximum atomic E-state index is 10.9. The van der Waals surface area contributed by atoms with Crippen molar-refractivity contribution in [2.75, 3.05) is 0 Å². The Kier molecular flexibility index (Phi) is 7.59. The topological polar surface area (TPSA) is 0 Å². The van der Waals surface area contributed by atoms with Gasteiger partial charge in [0, 0.05) is 0 Å². The van der Waals surface area contributed by atoms with Gasteiger partial charge in [0.1, 0.15) is 0 Å². The third-order valence-corrected chi connectivity index (χ3v) is 4.82. The first-order valence-electron chi connectivity index (χ1n) is 8.21. The minimum absolute atomic E-state index is 1.03. The van der Waals surface area contributed by atoms with Crippen LogP contribution >= 0.6 is 0 Å². The minimum atomic E-state index is -3.70. The molecular formula is C22H22F2Zr-2. The van der Waals surface area contributed by atoms with Crippen molar-refractivity contribution in [3.8, 4) is 0 Å². The predicted octanol–water partition coefficient (Wildman–Crippen LogP) is 6.93. The average molecular weight is 416 g/mol. The Morgan fingerprint density at radius 1 is 0.760 bits per heavy atom. The molecule has 130 valence electrons. The Morgan fingerprint density at radius 2 is 1.12 bits per heavy atom. The molecule has 4 aromatic carbocycles. The van der Waals surface area contributed by atoms with Crippen molar-refractivity contribution >= 4 is 25.3 Å². The average Bonchev–Trinajstić information content (AvgIpc) is 3.16. The van der Waals surface area contributed by atoms with Gasteiger partial charge < -0.3 is 0 Å². The van der Waals surface area contributed by atoms with Crippen molar-refractivity contribution in [3.05, 3.63) is 83.9 Å². The summed E-state index contributed by atoms with van der Waals surface area (Å²) in [7, 11) is 0. The van der Waals surface area contributed by atoms with E-state index in [9.17, 15) is 5.25 Å². The maximum Gasteiger partial charge on any atom is -0.0579 e. The maximum absolute atomic E-state index is 10.9. The molecule has 0 unspecified atom stereocenters. The van der Waals surface area contributed by atoms with Crippen molar-refractivity contribution in [3.63, 3.8) is 0 Å². The second kappa shape index (κ2) is 9.68. The molecule has 0 N–H and O–H groups in total. The van der Waals surface area contributed by atoms with Crippen LogP contribution in [-0.4, -0.2) is 3.71 Å². The zero-order valence-corrected chi connectivity index (χ0v) is 17.2. The summed E-state index contributed by atoms with van der Waals surface area (Å²) in [5.41, 5.74) is 2.70. The number of benzene rings is 2. The van der Waals surface area contributed by atoms with Crippen molar-refractivity contribution < 1.29 is 27.7 Å². The summed E-state index contributed by atoms with van der Waals surface area (Å²) >= 11 is -3.70. The quantitative estimate of drug-likeness (QED) is 0.273. The number of rotatable bonds is 0. The van der Waals surface area contributed by atoms with Gasteiger partial charge in [-0.05, 0) is 0 Å². The third-order valence-electron chi connectivity index (χ3n) is 3.74. The summed E-state index contributed by atoms with van der Waals surface area (Å²) < 4.78 is 22.8. The molecule has 25 heavy (non-hydrogen) atoms. The van der Waals surface area contributed by atoms with E-state index in [1.807, 2.05) is 0 Å². The zero-order valence-electron chi connectivity index (χ0n) is 14.8. The van der Waals surface area contributed by atoms with E-state index in [4.69, 9.17) is 0 Å². The Hall–Kier alpha value is -1.73. The van der Waals surface area contributed by atoms with E-state index in [2.05, 4.69) is 86.6 Å². The van der Waals surface area contributed by atoms with Crippen molar-refractivity contribution in [2.45, 2.75) is 20.8 Å². The van der Waals surface area contributed by atoms with E-state index < -0.39 is 22.5 Å². The Labute approximate surface area is 157 Å². The molecular weight excluding hydrogens is 393 g/mol. The van der Waals surface area contributed by atoms with Gasteiger partial charge in [-0.15, -0.1) is 81.2 Å². The standard InChI is InChI=1S/2C10H9.C2H4.2FH.Zr/c2*1-8-6-9-4-2-3-5-10(9)7-8;1-2;;;/h2*2-7H,1H3;1H,2H3;2*1H;/q2*-1;;;;+2/p-2. The van der Waals surface area contributed by atoms with Crippen LogP contribution in [0.5, 0.6) is 0 Å². The van der Waals surface area contributed by atoms with E-state index in [0.29, 0.717) is 0 Å². The Morgan fingerprint density at radius 3 is 1.44 bits per heavy atom. The second-order valence-corrected chi connectivity index (χ2v) is 8.74. The van der Waals surface area contributed by atoms with Gasteiger partial charge in [-0.3, -0.25) is 0 Å². The van der Waals surface area contributed by atoms with Crippen molar-refractivity contribution in [2.24, 2.45) is 0 Å². The van der Waals surface area contributed by atoms with E-state index in [-0.39, 0.29) is 0 Å². The summed E-state index contributed by atoms with van der Waals surface area (Å²) in [6.45, 7) is 5.66. The summed E-state index contributed by atoms with van der Waals surface area (Å²) in [4.78, 5) is 0. The molecule has 0 aliphatic heterocycles. The van der Waals surface area contributed by atoms with Crippen molar-refractivity contribution in [1.82, 2.24) is 0 Å². The van der Waals surface area contributed by atoms with Crippen LogP contribution in [0.4, 0.5) is 5.25 Å². The first-order chi connectivity index (χ1) is 12.0. The smallest absolute Gasteiger partial charge is 0.0579 e. The van der Waals surface area contributed by atoms with Crippen molar-refractivity contribution in [1.29, 1.82) is 0 Å². The summed E-state index contributed by atoms with van der Waals surface area (Å²) in [5, 5.41) is 5.39. The second-order valence-electron chi connectivity index (χ2n) is 5.90. The fourth-order valence-corrected chi connectivity index (χ4v) is 2.61. The normalized spacial score (nSPS) is 9.80. The molecule has 0 fully saturated rings. The molecule has 0 aromatic heterocycles. The molecule has 0 heterocycles. The summed E-state index contributed by atoms with van der Waals surface area (Å²) in [6.07, 6.45) is 0. The van der Waals surface area contributed by atoms with Gasteiger partial charge in [-0.2, -0.15) is 12.1 Å². The van der Waals surface area contributed by atoms with E-state index in [1.165, 1.54) is 39.6 Å². The first-order valence-corrected chi connectivity index (χ1v) is 11.5. The first kappa shape index (κ1) is 19.6. The summed E-state index contributed by atoms with van der Waals surface area (Å²) in [6, 6.07) is 25.7. The Balaban J connectivity index is 0.000000144. The molecule has 0 aliphatic carbocycles. The van der Waals surface area contributed by atoms with E-state index in [0.717, 1.165) is 3.71 Å². The van der Waals surface area contributed by atoms with Crippen LogP contribution < -0.4 is 0 Å². The molecule has 4 aromatic rings. The van der Waals surface area contributed by atoms with Gasteiger partial charge >= 0.3 is 38.4 Å². The van der Waals surface area contributed by atoms with Crippen LogP contribution in [0.25, 0.3) is 21.5 Å². The largest absolute Gasteiger partial charge is 0.165 e. The van der Waals surface area contributed by atoms with E-state index >= 15 is 0 Å². The number of hydrogen-bond donors (Lipinski definition) is 0. The van der Waals surface area contributed by atoms with Crippen LogP contribution in [0.2, 0.25) is 0 Å². The van der Waals surface area contributed by atoms with Gasteiger partial charge in [0.15, 0.2) is 0 Å². The van der Waals surface area contributed by atoms with Gasteiger partial charge in [0.2, 0.25) is 0 Å². The fourth-order valence-electron chi connectivity index (χ4n) is 2.61. The van der Waals surface area contributed by atoms with Gasteiger partial charge in [-0.25, -0.2) is 0 Å². The summed E-state index contributed by atoms with van der Waals surface area (Å²) in [5.74, 6) is 0. The molecule has 0 amide bonds. The number of halogens is 2. The number of fused-ring (bicyclic) bond motifs is 2.